The molecule has 0 saturated heterocycles. The summed E-state index contributed by atoms with van der Waals surface area (Å²) in [5.41, 5.74) is 2.86. The van der Waals surface area contributed by atoms with Crippen molar-refractivity contribution < 1.29 is 9.59 Å². The fraction of sp³-hybridized carbons (Fsp3) is 0.200. The number of amides is 1. The third-order valence-corrected chi connectivity index (χ3v) is 4.64. The van der Waals surface area contributed by atoms with E-state index in [0.29, 0.717) is 11.1 Å². The van der Waals surface area contributed by atoms with Gasteiger partial charge in [-0.2, -0.15) is 0 Å². The summed E-state index contributed by atoms with van der Waals surface area (Å²) in [4.78, 5) is 35.7. The average Bonchev–Trinajstić information content (AvgIpc) is 3.19. The quantitative estimate of drug-likeness (QED) is 0.526. The minimum absolute atomic E-state index is 0.0808. The number of carbonyl (C=O) groups excluding carboxylic acids is 2. The summed E-state index contributed by atoms with van der Waals surface area (Å²) < 4.78 is 3.37. The number of nitrogens with zero attached hydrogens (tertiary/aromatic N) is 5. The predicted octanol–water partition coefficient (Wildman–Crippen LogP) is 3.11. The van der Waals surface area contributed by atoms with Gasteiger partial charge in [0.2, 0.25) is 0 Å². The van der Waals surface area contributed by atoms with Gasteiger partial charge in [-0.05, 0) is 19.1 Å². The summed E-state index contributed by atoms with van der Waals surface area (Å²) in [7, 11) is 3.37. The summed E-state index contributed by atoms with van der Waals surface area (Å²) >= 11 is 0. The van der Waals surface area contributed by atoms with E-state index in [1.165, 1.54) is 9.47 Å². The molecule has 4 aromatic rings. The second-order valence-corrected chi connectivity index (χ2v) is 6.64. The number of imidazole rings is 1. The van der Waals surface area contributed by atoms with Crippen molar-refractivity contribution in [2.75, 3.05) is 14.1 Å². The number of aromatic nitrogens is 4. The molecule has 136 valence electrons. The van der Waals surface area contributed by atoms with Crippen molar-refractivity contribution in [3.8, 4) is 0 Å². The van der Waals surface area contributed by atoms with Crippen molar-refractivity contribution in [2.24, 2.45) is 0 Å². The van der Waals surface area contributed by atoms with Crippen LogP contribution in [0.3, 0.4) is 0 Å². The zero-order valence-corrected chi connectivity index (χ0v) is 15.4. The van der Waals surface area contributed by atoms with Gasteiger partial charge in [0.05, 0.1) is 29.3 Å². The first-order valence-electron chi connectivity index (χ1n) is 8.59. The first-order chi connectivity index (χ1) is 13.0. The summed E-state index contributed by atoms with van der Waals surface area (Å²) in [5, 5.41) is 0.762. The van der Waals surface area contributed by atoms with E-state index >= 15 is 0 Å². The molecule has 0 fully saturated rings. The number of aryl methyl sites for hydroxylation is 1. The summed E-state index contributed by atoms with van der Waals surface area (Å²) in [6.07, 6.45) is 5.02. The molecule has 0 unspecified atom stereocenters. The maximum atomic E-state index is 13.1. The van der Waals surface area contributed by atoms with Crippen LogP contribution in [0.4, 0.5) is 4.79 Å². The zero-order chi connectivity index (χ0) is 19.1. The van der Waals surface area contributed by atoms with E-state index in [-0.39, 0.29) is 18.4 Å². The Labute approximate surface area is 155 Å². The molecule has 0 aliphatic carbocycles. The van der Waals surface area contributed by atoms with Crippen LogP contribution in [0.1, 0.15) is 16.2 Å². The monoisotopic (exact) mass is 361 g/mol. The molecule has 4 rings (SSSR count). The van der Waals surface area contributed by atoms with Crippen LogP contribution in [-0.2, 0) is 6.54 Å². The largest absolute Gasteiger partial charge is 0.330 e. The van der Waals surface area contributed by atoms with Crippen LogP contribution in [0.2, 0.25) is 0 Å². The third kappa shape index (κ3) is 2.77. The van der Waals surface area contributed by atoms with Crippen molar-refractivity contribution in [3.63, 3.8) is 0 Å². The Morgan fingerprint density at radius 2 is 1.89 bits per heavy atom. The van der Waals surface area contributed by atoms with Gasteiger partial charge in [0, 0.05) is 37.4 Å². The molecule has 3 aromatic heterocycles. The second-order valence-electron chi connectivity index (χ2n) is 6.64. The van der Waals surface area contributed by atoms with E-state index in [9.17, 15) is 9.59 Å². The minimum Gasteiger partial charge on any atom is -0.330 e. The van der Waals surface area contributed by atoms with Crippen molar-refractivity contribution >= 4 is 33.8 Å². The Bertz CT molecular complexity index is 1190. The van der Waals surface area contributed by atoms with E-state index in [1.807, 2.05) is 41.8 Å². The van der Waals surface area contributed by atoms with Crippen molar-refractivity contribution in [1.29, 1.82) is 0 Å². The Morgan fingerprint density at radius 3 is 2.67 bits per heavy atom. The number of para-hydroxylation sites is 1. The summed E-state index contributed by atoms with van der Waals surface area (Å²) in [6.45, 7) is 2.00. The molecular formula is C20H19N5O2. The first-order valence-corrected chi connectivity index (χ1v) is 8.59. The number of Topliss-reactive ketones (excluding diaryl/α,β-unsaturated/α-hetero) is 1. The lowest BCUT2D eigenvalue weighted by molar-refractivity contribution is 0.0974. The Balaban J connectivity index is 1.79. The van der Waals surface area contributed by atoms with E-state index in [2.05, 4.69) is 9.97 Å². The molecule has 7 heteroatoms. The molecule has 3 heterocycles. The zero-order valence-electron chi connectivity index (χ0n) is 15.4. The number of pyridine rings is 1. The van der Waals surface area contributed by atoms with E-state index < -0.39 is 0 Å². The number of hydrogen-bond acceptors (Lipinski definition) is 4. The van der Waals surface area contributed by atoms with Crippen molar-refractivity contribution in [2.45, 2.75) is 13.5 Å². The SMILES string of the molecule is Cc1nc2ccncc2n1CC(=O)c1cn(C(=O)N(C)C)c2ccccc12. The highest BCUT2D eigenvalue weighted by Crippen LogP contribution is 2.24. The Hall–Kier alpha value is -3.48. The predicted molar refractivity (Wildman–Crippen MR) is 103 cm³/mol. The number of carbonyl (C=O) groups is 2. The van der Waals surface area contributed by atoms with Crippen LogP contribution in [-0.4, -0.2) is 49.9 Å². The highest BCUT2D eigenvalue weighted by molar-refractivity contribution is 6.10. The molecule has 0 bridgehead atoms. The van der Waals surface area contributed by atoms with Crippen molar-refractivity contribution in [3.05, 3.63) is 60.3 Å². The van der Waals surface area contributed by atoms with E-state index in [0.717, 1.165) is 22.2 Å². The Morgan fingerprint density at radius 1 is 1.11 bits per heavy atom. The van der Waals surface area contributed by atoms with Gasteiger partial charge in [0.1, 0.15) is 5.82 Å². The number of hydrogen-bond donors (Lipinski definition) is 0. The van der Waals surface area contributed by atoms with Gasteiger partial charge in [-0.15, -0.1) is 0 Å². The highest BCUT2D eigenvalue weighted by Gasteiger charge is 2.20. The van der Waals surface area contributed by atoms with E-state index in [4.69, 9.17) is 0 Å². The van der Waals surface area contributed by atoms with Crippen molar-refractivity contribution in [1.82, 2.24) is 24.0 Å². The highest BCUT2D eigenvalue weighted by atomic mass is 16.2. The summed E-state index contributed by atoms with van der Waals surface area (Å²) in [5.74, 6) is 0.669. The molecule has 0 aliphatic rings. The van der Waals surface area contributed by atoms with Gasteiger partial charge in [-0.3, -0.25) is 14.3 Å². The fourth-order valence-electron chi connectivity index (χ4n) is 3.29. The average molecular weight is 361 g/mol. The second kappa shape index (κ2) is 6.35. The standard InChI is InChI=1S/C20H19N5O2/c1-13-22-16-8-9-21-10-18(16)24(13)12-19(26)15-11-25(20(27)23(2)3)17-7-5-4-6-14(15)17/h4-11H,12H2,1-3H3. The minimum atomic E-state index is -0.196. The molecular weight excluding hydrogens is 342 g/mol. The van der Waals surface area contributed by atoms with Gasteiger partial charge >= 0.3 is 6.03 Å². The maximum Gasteiger partial charge on any atom is 0.328 e. The van der Waals surface area contributed by atoms with Gasteiger partial charge in [-0.1, -0.05) is 18.2 Å². The number of rotatable bonds is 3. The molecule has 1 amide bonds. The van der Waals surface area contributed by atoms with Gasteiger partial charge in [0.15, 0.2) is 5.78 Å². The van der Waals surface area contributed by atoms with Crippen LogP contribution < -0.4 is 0 Å². The van der Waals surface area contributed by atoms with Gasteiger partial charge in [-0.25, -0.2) is 9.78 Å². The lowest BCUT2D eigenvalue weighted by atomic mass is 10.1. The number of fused-ring (bicyclic) bond motifs is 2. The molecule has 7 nitrogen and oxygen atoms in total. The molecule has 0 saturated carbocycles. The molecule has 0 N–H and O–H groups in total. The summed E-state index contributed by atoms with van der Waals surface area (Å²) in [6, 6.07) is 9.06. The lowest BCUT2D eigenvalue weighted by Gasteiger charge is -2.11. The maximum absolute atomic E-state index is 13.1. The van der Waals surface area contributed by atoms with Crippen LogP contribution in [0.5, 0.6) is 0 Å². The molecule has 1 aromatic carbocycles. The van der Waals surface area contributed by atoms with Gasteiger partial charge in [0.25, 0.3) is 0 Å². The lowest BCUT2D eigenvalue weighted by Crippen LogP contribution is -2.26. The van der Waals surface area contributed by atoms with Crippen LogP contribution in [0, 0.1) is 6.92 Å². The van der Waals surface area contributed by atoms with Crippen LogP contribution >= 0.6 is 0 Å². The van der Waals surface area contributed by atoms with Crippen LogP contribution in [0.15, 0.2) is 48.9 Å². The normalized spacial score (nSPS) is 11.2. The fourth-order valence-corrected chi connectivity index (χ4v) is 3.29. The smallest absolute Gasteiger partial charge is 0.328 e. The molecule has 0 spiro atoms. The molecule has 0 radical (unpaired) electrons. The van der Waals surface area contributed by atoms with Gasteiger partial charge < -0.3 is 9.47 Å². The number of ketones is 1. The number of benzene rings is 1. The topological polar surface area (TPSA) is 73.0 Å². The third-order valence-electron chi connectivity index (χ3n) is 4.64. The Kier molecular flexibility index (Phi) is 3.99. The molecule has 0 atom stereocenters. The molecule has 0 aliphatic heterocycles. The molecule has 27 heavy (non-hydrogen) atoms. The van der Waals surface area contributed by atoms with E-state index in [1.54, 1.807) is 32.7 Å². The first kappa shape index (κ1) is 17.0. The van der Waals surface area contributed by atoms with Crippen LogP contribution in [0.25, 0.3) is 21.9 Å².